The first-order chi connectivity index (χ1) is 20.2. The van der Waals surface area contributed by atoms with Gasteiger partial charge in [-0.2, -0.15) is 0 Å². The number of hydrogen-bond donors (Lipinski definition) is 1. The van der Waals surface area contributed by atoms with Crippen LogP contribution in [0, 0.1) is 0 Å². The summed E-state index contributed by atoms with van der Waals surface area (Å²) >= 11 is 7.26. The lowest BCUT2D eigenvalue weighted by molar-refractivity contribution is -0.144. The number of amides is 1. The predicted octanol–water partition coefficient (Wildman–Crippen LogP) is 3.72. The van der Waals surface area contributed by atoms with Gasteiger partial charge in [-0.1, -0.05) is 23.7 Å². The zero-order valence-electron chi connectivity index (χ0n) is 24.7. The molecule has 1 saturated heterocycles. The Labute approximate surface area is 258 Å². The summed E-state index contributed by atoms with van der Waals surface area (Å²) in [5.74, 6) is -0.267. The van der Waals surface area contributed by atoms with Crippen LogP contribution in [0.25, 0.3) is 0 Å². The minimum absolute atomic E-state index is 0.00434. The molecule has 1 aliphatic rings. The zero-order chi connectivity index (χ0) is 30.5. The highest BCUT2D eigenvalue weighted by atomic mass is 35.5. The van der Waals surface area contributed by atoms with Crippen molar-refractivity contribution >= 4 is 47.2 Å². The van der Waals surface area contributed by atoms with Crippen molar-refractivity contribution in [2.24, 2.45) is 5.73 Å². The fourth-order valence-electron chi connectivity index (χ4n) is 4.60. The number of piperazine rings is 1. The van der Waals surface area contributed by atoms with Gasteiger partial charge in [0.2, 0.25) is 0 Å². The van der Waals surface area contributed by atoms with Crippen LogP contribution >= 0.6 is 23.4 Å². The molecule has 2 N–H and O–H groups in total. The summed E-state index contributed by atoms with van der Waals surface area (Å²) in [4.78, 5) is 43.6. The Hall–Kier alpha value is -2.63. The largest absolute Gasteiger partial charge is 0.465 e. The first-order valence-corrected chi connectivity index (χ1v) is 15.9. The predicted molar refractivity (Wildman–Crippen MR) is 169 cm³/mol. The minimum Gasteiger partial charge on any atom is -0.465 e. The average molecular weight is 619 g/mol. The molecule has 0 saturated carbocycles. The third-order valence-electron chi connectivity index (χ3n) is 6.98. The molecule has 3 rings (SSSR count). The lowest BCUT2D eigenvalue weighted by atomic mass is 10.1. The van der Waals surface area contributed by atoms with Crippen LogP contribution in [0.3, 0.4) is 0 Å². The second kappa shape index (κ2) is 17.5. The molecule has 2 aromatic carbocycles. The normalized spacial score (nSPS) is 15.3. The molecule has 1 fully saturated rings. The highest BCUT2D eigenvalue weighted by Gasteiger charge is 2.25. The highest BCUT2D eigenvalue weighted by Crippen LogP contribution is 2.24. The van der Waals surface area contributed by atoms with Gasteiger partial charge in [-0.05, 0) is 69.2 Å². The van der Waals surface area contributed by atoms with Gasteiger partial charge in [-0.15, -0.1) is 11.8 Å². The first kappa shape index (κ1) is 33.9. The van der Waals surface area contributed by atoms with Crippen molar-refractivity contribution < 1.29 is 23.9 Å². The molecule has 0 radical (unpaired) electrons. The lowest BCUT2D eigenvalue weighted by Gasteiger charge is -2.35. The number of hydrogen-bond acceptors (Lipinski definition) is 9. The van der Waals surface area contributed by atoms with Gasteiger partial charge in [0.15, 0.2) is 6.29 Å². The second-order valence-corrected chi connectivity index (χ2v) is 12.0. The summed E-state index contributed by atoms with van der Waals surface area (Å²) in [5, 5.41) is 0.147. The SMILES string of the molecule is CCOC(=O)C(N)CSC(C=O)N(CCOC(C)C)c1ccc(C(=O)N2CCN(CCc3ccc(Cl)cc3)CC2)cc1. The standard InChI is InChI=1S/C31H43ClN4O5S/c1-4-40-31(39)28(33)22-42-29(21-37)36(19-20-41-23(2)3)27-11-7-25(8-12-27)30(38)35-17-15-34(16-18-35)14-13-24-5-9-26(32)10-6-24/h5-12,21,23,28-29H,4,13-20,22,33H2,1-3H3. The maximum atomic E-state index is 13.3. The van der Waals surface area contributed by atoms with Crippen LogP contribution in [0.1, 0.15) is 36.7 Å². The molecule has 2 aromatic rings. The smallest absolute Gasteiger partial charge is 0.323 e. The quantitative estimate of drug-likeness (QED) is 0.171. The van der Waals surface area contributed by atoms with Crippen LogP contribution in [0.15, 0.2) is 48.5 Å². The maximum absolute atomic E-state index is 13.3. The number of thioether (sulfide) groups is 1. The second-order valence-electron chi connectivity index (χ2n) is 10.4. The van der Waals surface area contributed by atoms with Crippen LogP contribution in [0.4, 0.5) is 5.69 Å². The third-order valence-corrected chi connectivity index (χ3v) is 8.49. The summed E-state index contributed by atoms with van der Waals surface area (Å²) in [7, 11) is 0. The van der Waals surface area contributed by atoms with E-state index in [0.717, 1.165) is 43.1 Å². The van der Waals surface area contributed by atoms with Crippen molar-refractivity contribution in [3.8, 4) is 0 Å². The Balaban J connectivity index is 1.59. The first-order valence-electron chi connectivity index (χ1n) is 14.4. The van der Waals surface area contributed by atoms with E-state index in [-0.39, 0.29) is 24.4 Å². The Kier molecular flexibility index (Phi) is 14.1. The van der Waals surface area contributed by atoms with E-state index in [0.29, 0.717) is 31.8 Å². The van der Waals surface area contributed by atoms with E-state index in [4.69, 9.17) is 26.8 Å². The number of ether oxygens (including phenoxy) is 2. The molecule has 11 heteroatoms. The summed E-state index contributed by atoms with van der Waals surface area (Å²) in [6.45, 7) is 10.7. The molecule has 1 aliphatic heterocycles. The van der Waals surface area contributed by atoms with E-state index in [1.165, 1.54) is 17.3 Å². The molecule has 2 atom stereocenters. The van der Waals surface area contributed by atoms with Crippen LogP contribution in [0.2, 0.25) is 5.02 Å². The van der Waals surface area contributed by atoms with Crippen molar-refractivity contribution in [2.75, 3.05) is 63.1 Å². The third kappa shape index (κ3) is 10.6. The van der Waals surface area contributed by atoms with Crippen molar-refractivity contribution in [2.45, 2.75) is 44.7 Å². The van der Waals surface area contributed by atoms with Gasteiger partial charge >= 0.3 is 5.97 Å². The fourth-order valence-corrected chi connectivity index (χ4v) is 5.76. The summed E-state index contributed by atoms with van der Waals surface area (Å²) in [6, 6.07) is 14.4. The van der Waals surface area contributed by atoms with Gasteiger partial charge in [-0.3, -0.25) is 14.5 Å². The monoisotopic (exact) mass is 618 g/mol. The molecule has 0 spiro atoms. The van der Waals surface area contributed by atoms with Crippen LogP contribution in [0.5, 0.6) is 0 Å². The molecule has 1 amide bonds. The van der Waals surface area contributed by atoms with Gasteiger partial charge in [0.25, 0.3) is 5.91 Å². The molecule has 0 aromatic heterocycles. The molecule has 1 heterocycles. The van der Waals surface area contributed by atoms with E-state index in [1.54, 1.807) is 19.1 Å². The fraction of sp³-hybridized carbons (Fsp3) is 0.516. The molecule has 9 nitrogen and oxygen atoms in total. The van der Waals surface area contributed by atoms with Gasteiger partial charge in [0.1, 0.15) is 11.4 Å². The lowest BCUT2D eigenvalue weighted by Crippen LogP contribution is -2.49. The number of aldehydes is 1. The van der Waals surface area contributed by atoms with Crippen LogP contribution in [-0.4, -0.2) is 104 Å². The minimum atomic E-state index is -0.830. The summed E-state index contributed by atoms with van der Waals surface area (Å²) < 4.78 is 10.7. The Morgan fingerprint density at radius 2 is 1.74 bits per heavy atom. The van der Waals surface area contributed by atoms with Crippen molar-refractivity contribution in [3.63, 3.8) is 0 Å². The molecule has 0 aliphatic carbocycles. The highest BCUT2D eigenvalue weighted by molar-refractivity contribution is 8.00. The van der Waals surface area contributed by atoms with E-state index < -0.39 is 17.4 Å². The van der Waals surface area contributed by atoms with E-state index in [1.807, 2.05) is 47.9 Å². The Morgan fingerprint density at radius 1 is 1.07 bits per heavy atom. The zero-order valence-corrected chi connectivity index (χ0v) is 26.3. The van der Waals surface area contributed by atoms with Gasteiger partial charge in [-0.25, -0.2) is 0 Å². The number of nitrogens with two attached hydrogens (primary N) is 1. The van der Waals surface area contributed by atoms with E-state index in [2.05, 4.69) is 17.0 Å². The summed E-state index contributed by atoms with van der Waals surface area (Å²) in [5.41, 5.74) is 8.59. The number of carbonyl (C=O) groups is 3. The van der Waals surface area contributed by atoms with Gasteiger partial charge in [0, 0.05) is 61.3 Å². The molecule has 0 bridgehead atoms. The van der Waals surface area contributed by atoms with E-state index >= 15 is 0 Å². The summed E-state index contributed by atoms with van der Waals surface area (Å²) in [6.07, 6.45) is 1.83. The number of benzene rings is 2. The average Bonchev–Trinajstić information content (AvgIpc) is 3.00. The number of nitrogens with zero attached hydrogens (tertiary/aromatic N) is 3. The number of anilines is 1. The topological polar surface area (TPSA) is 105 Å². The number of rotatable bonds is 16. The number of esters is 1. The molecular formula is C31H43ClN4O5S. The molecular weight excluding hydrogens is 576 g/mol. The Bertz CT molecular complexity index is 1130. The van der Waals surface area contributed by atoms with Crippen LogP contribution < -0.4 is 10.6 Å². The Morgan fingerprint density at radius 3 is 2.33 bits per heavy atom. The van der Waals surface area contributed by atoms with Crippen LogP contribution in [-0.2, 0) is 25.5 Å². The van der Waals surface area contributed by atoms with Crippen molar-refractivity contribution in [1.29, 1.82) is 0 Å². The van der Waals surface area contributed by atoms with Crippen molar-refractivity contribution in [3.05, 3.63) is 64.7 Å². The maximum Gasteiger partial charge on any atom is 0.323 e. The molecule has 230 valence electrons. The molecule has 42 heavy (non-hydrogen) atoms. The molecule has 2 unspecified atom stereocenters. The van der Waals surface area contributed by atoms with Gasteiger partial charge in [0.05, 0.1) is 19.3 Å². The van der Waals surface area contributed by atoms with Gasteiger partial charge < -0.3 is 29.8 Å². The number of halogens is 1. The van der Waals surface area contributed by atoms with E-state index in [9.17, 15) is 14.4 Å². The number of carbonyl (C=O) groups excluding carboxylic acids is 3. The van der Waals surface area contributed by atoms with Crippen molar-refractivity contribution in [1.82, 2.24) is 9.80 Å².